The molecule has 1 fully saturated rings. The van der Waals surface area contributed by atoms with Crippen LogP contribution in [-0.4, -0.2) is 32.3 Å². The van der Waals surface area contributed by atoms with Crippen LogP contribution >= 0.6 is 0 Å². The molecule has 100 valence electrons. The minimum atomic E-state index is -0.925. The van der Waals surface area contributed by atoms with E-state index in [1.807, 2.05) is 4.57 Å². The number of aromatic nitrogens is 2. The lowest BCUT2D eigenvalue weighted by molar-refractivity contribution is 0.0697. The van der Waals surface area contributed by atoms with Crippen molar-refractivity contribution in [3.63, 3.8) is 0 Å². The maximum atomic E-state index is 11.0. The van der Waals surface area contributed by atoms with Crippen molar-refractivity contribution in [2.24, 2.45) is 5.41 Å². The largest absolute Gasteiger partial charge is 0.478 e. The summed E-state index contributed by atoms with van der Waals surface area (Å²) in [5, 5.41) is 18.1. The lowest BCUT2D eigenvalue weighted by atomic mass is 10.0. The zero-order valence-corrected chi connectivity index (χ0v) is 10.5. The van der Waals surface area contributed by atoms with Crippen LogP contribution in [0.15, 0.2) is 24.5 Å². The molecule has 2 aromatic rings. The number of aliphatic hydroxyl groups excluding tert-OH is 1. The van der Waals surface area contributed by atoms with Gasteiger partial charge >= 0.3 is 5.97 Å². The molecular weight excluding hydrogens is 244 g/mol. The van der Waals surface area contributed by atoms with E-state index in [4.69, 9.17) is 10.2 Å². The van der Waals surface area contributed by atoms with Gasteiger partial charge in [0.15, 0.2) is 0 Å². The molecule has 1 aliphatic carbocycles. The second-order valence-electron chi connectivity index (χ2n) is 5.35. The molecule has 0 atom stereocenters. The predicted octanol–water partition coefficient (Wildman–Crippen LogP) is 1.90. The van der Waals surface area contributed by atoms with Crippen molar-refractivity contribution in [3.8, 4) is 0 Å². The quantitative estimate of drug-likeness (QED) is 0.861. The lowest BCUT2D eigenvalue weighted by Crippen LogP contribution is -2.12. The molecule has 5 heteroatoms. The highest BCUT2D eigenvalue weighted by molar-refractivity contribution is 5.92. The first-order valence-corrected chi connectivity index (χ1v) is 6.43. The SMILES string of the molecule is O=C(O)c1ccc2ncn(CC3(CCO)CC3)c2c1. The molecule has 1 saturated carbocycles. The fraction of sp³-hybridized carbons (Fsp3) is 0.429. The average molecular weight is 260 g/mol. The maximum Gasteiger partial charge on any atom is 0.335 e. The fourth-order valence-corrected chi connectivity index (χ4v) is 2.58. The topological polar surface area (TPSA) is 75.3 Å². The Labute approximate surface area is 110 Å². The molecule has 3 rings (SSSR count). The number of hydrogen-bond donors (Lipinski definition) is 2. The maximum absolute atomic E-state index is 11.0. The van der Waals surface area contributed by atoms with Crippen molar-refractivity contribution in [1.82, 2.24) is 9.55 Å². The second kappa shape index (κ2) is 4.35. The van der Waals surface area contributed by atoms with E-state index in [-0.39, 0.29) is 17.6 Å². The van der Waals surface area contributed by atoms with Gasteiger partial charge in [-0.15, -0.1) is 0 Å². The zero-order valence-electron chi connectivity index (χ0n) is 10.5. The fourth-order valence-electron chi connectivity index (χ4n) is 2.58. The van der Waals surface area contributed by atoms with Gasteiger partial charge in [0.25, 0.3) is 0 Å². The summed E-state index contributed by atoms with van der Waals surface area (Å²) >= 11 is 0. The van der Waals surface area contributed by atoms with Crippen LogP contribution in [0.3, 0.4) is 0 Å². The molecule has 0 aliphatic heterocycles. The molecule has 0 spiro atoms. The molecule has 5 nitrogen and oxygen atoms in total. The van der Waals surface area contributed by atoms with Crippen LogP contribution in [0.2, 0.25) is 0 Å². The molecule has 19 heavy (non-hydrogen) atoms. The van der Waals surface area contributed by atoms with Crippen molar-refractivity contribution in [3.05, 3.63) is 30.1 Å². The Bertz CT molecular complexity index is 629. The van der Waals surface area contributed by atoms with Crippen LogP contribution in [0.25, 0.3) is 11.0 Å². The molecule has 0 bridgehead atoms. The summed E-state index contributed by atoms with van der Waals surface area (Å²) in [7, 11) is 0. The van der Waals surface area contributed by atoms with E-state index in [1.54, 1.807) is 24.5 Å². The summed E-state index contributed by atoms with van der Waals surface area (Å²) in [4.78, 5) is 15.3. The van der Waals surface area contributed by atoms with Gasteiger partial charge in [0.1, 0.15) is 0 Å². The third-order valence-electron chi connectivity index (χ3n) is 3.97. The van der Waals surface area contributed by atoms with Crippen molar-refractivity contribution in [1.29, 1.82) is 0 Å². The smallest absolute Gasteiger partial charge is 0.335 e. The molecule has 0 unspecified atom stereocenters. The van der Waals surface area contributed by atoms with E-state index in [1.165, 1.54) is 0 Å². The molecule has 0 saturated heterocycles. The minimum Gasteiger partial charge on any atom is -0.478 e. The number of rotatable bonds is 5. The monoisotopic (exact) mass is 260 g/mol. The number of carboxylic acids is 1. The number of carboxylic acid groups (broad SMARTS) is 1. The first-order valence-electron chi connectivity index (χ1n) is 6.43. The highest BCUT2D eigenvalue weighted by Gasteiger charge is 2.42. The highest BCUT2D eigenvalue weighted by atomic mass is 16.4. The standard InChI is InChI=1S/C14H16N2O3/c17-6-5-14(3-4-14)8-16-9-15-11-2-1-10(13(18)19)7-12(11)16/h1-2,7,9,17H,3-6,8H2,(H,18,19). The van der Waals surface area contributed by atoms with E-state index < -0.39 is 5.97 Å². The van der Waals surface area contributed by atoms with E-state index in [9.17, 15) is 4.79 Å². The minimum absolute atomic E-state index is 0.182. The number of fused-ring (bicyclic) bond motifs is 1. The molecule has 1 aromatic carbocycles. The Morgan fingerprint density at radius 1 is 1.42 bits per heavy atom. The Morgan fingerprint density at radius 3 is 2.84 bits per heavy atom. The molecular formula is C14H16N2O3. The normalized spacial score (nSPS) is 16.7. The first-order chi connectivity index (χ1) is 9.13. The third kappa shape index (κ3) is 2.21. The van der Waals surface area contributed by atoms with Crippen molar-refractivity contribution >= 4 is 17.0 Å². The first kappa shape index (κ1) is 12.2. The number of hydrogen-bond acceptors (Lipinski definition) is 3. The Morgan fingerprint density at radius 2 is 2.21 bits per heavy atom. The number of aliphatic hydroxyl groups is 1. The van der Waals surface area contributed by atoms with Crippen LogP contribution in [-0.2, 0) is 6.54 Å². The molecule has 2 N–H and O–H groups in total. The average Bonchev–Trinajstić information content (AvgIpc) is 3.03. The highest BCUT2D eigenvalue weighted by Crippen LogP contribution is 2.50. The number of aromatic carboxylic acids is 1. The lowest BCUT2D eigenvalue weighted by Gasteiger charge is -2.15. The van der Waals surface area contributed by atoms with Crippen LogP contribution in [0, 0.1) is 5.41 Å². The molecule has 1 aromatic heterocycles. The number of imidazole rings is 1. The third-order valence-corrected chi connectivity index (χ3v) is 3.97. The van der Waals surface area contributed by atoms with Crippen molar-refractivity contribution in [2.45, 2.75) is 25.8 Å². The molecule has 1 heterocycles. The van der Waals surface area contributed by atoms with Gasteiger partial charge in [0.05, 0.1) is 22.9 Å². The summed E-state index contributed by atoms with van der Waals surface area (Å²) in [6.07, 6.45) is 4.79. The van der Waals surface area contributed by atoms with Crippen molar-refractivity contribution < 1.29 is 15.0 Å². The Hall–Kier alpha value is -1.88. The van der Waals surface area contributed by atoms with Gasteiger partial charge < -0.3 is 14.8 Å². The van der Waals surface area contributed by atoms with Gasteiger partial charge in [-0.2, -0.15) is 0 Å². The number of carbonyl (C=O) groups is 1. The van der Waals surface area contributed by atoms with E-state index in [0.29, 0.717) is 0 Å². The van der Waals surface area contributed by atoms with Crippen LogP contribution in [0.4, 0.5) is 0 Å². The summed E-state index contributed by atoms with van der Waals surface area (Å²) < 4.78 is 2.00. The van der Waals surface area contributed by atoms with Gasteiger partial charge in [-0.3, -0.25) is 0 Å². The van der Waals surface area contributed by atoms with Gasteiger partial charge in [-0.25, -0.2) is 9.78 Å². The molecule has 1 aliphatic rings. The summed E-state index contributed by atoms with van der Waals surface area (Å²) in [5.41, 5.74) is 2.12. The van der Waals surface area contributed by atoms with Crippen LogP contribution < -0.4 is 0 Å². The van der Waals surface area contributed by atoms with Crippen molar-refractivity contribution in [2.75, 3.05) is 6.61 Å². The Balaban J connectivity index is 1.95. The predicted molar refractivity (Wildman–Crippen MR) is 70.1 cm³/mol. The van der Waals surface area contributed by atoms with Gasteiger partial charge in [-0.05, 0) is 42.9 Å². The Kier molecular flexibility index (Phi) is 2.78. The second-order valence-corrected chi connectivity index (χ2v) is 5.35. The van der Waals surface area contributed by atoms with Gasteiger partial charge in [0.2, 0.25) is 0 Å². The van der Waals surface area contributed by atoms with Gasteiger partial charge in [-0.1, -0.05) is 0 Å². The summed E-state index contributed by atoms with van der Waals surface area (Å²) in [6.45, 7) is 1.00. The van der Waals surface area contributed by atoms with E-state index in [0.717, 1.165) is 36.8 Å². The summed E-state index contributed by atoms with van der Waals surface area (Å²) in [5.74, 6) is -0.925. The van der Waals surface area contributed by atoms with Crippen LogP contribution in [0.5, 0.6) is 0 Å². The molecule has 0 amide bonds. The number of benzene rings is 1. The van der Waals surface area contributed by atoms with E-state index in [2.05, 4.69) is 4.98 Å². The van der Waals surface area contributed by atoms with E-state index >= 15 is 0 Å². The van der Waals surface area contributed by atoms with Crippen LogP contribution in [0.1, 0.15) is 29.6 Å². The number of nitrogens with zero attached hydrogens (tertiary/aromatic N) is 2. The van der Waals surface area contributed by atoms with Gasteiger partial charge in [0, 0.05) is 13.2 Å². The summed E-state index contributed by atoms with van der Waals surface area (Å²) in [6, 6.07) is 4.98. The molecule has 0 radical (unpaired) electrons. The zero-order chi connectivity index (χ0) is 13.5.